The van der Waals surface area contributed by atoms with E-state index in [1.165, 1.54) is 18.6 Å². The Hall–Kier alpha value is -1.51. The summed E-state index contributed by atoms with van der Waals surface area (Å²) < 4.78 is 5.79. The van der Waals surface area contributed by atoms with Gasteiger partial charge in [-0.25, -0.2) is 4.79 Å². The summed E-state index contributed by atoms with van der Waals surface area (Å²) in [5.41, 5.74) is 0.837. The van der Waals surface area contributed by atoms with Crippen molar-refractivity contribution in [3.8, 4) is 5.75 Å². The molecule has 2 aliphatic rings. The second kappa shape index (κ2) is 4.24. The monoisotopic (exact) mass is 274 g/mol. The third kappa shape index (κ3) is 1.75. The van der Waals surface area contributed by atoms with E-state index in [1.807, 2.05) is 0 Å². The van der Waals surface area contributed by atoms with Crippen molar-refractivity contribution in [2.45, 2.75) is 46.1 Å². The Bertz CT molecular complexity index is 532. The van der Waals surface area contributed by atoms with E-state index in [4.69, 9.17) is 4.74 Å². The molecule has 108 valence electrons. The number of fused-ring (bicyclic) bond motifs is 2. The predicted octanol–water partition coefficient (Wildman–Crippen LogP) is 3.76. The van der Waals surface area contributed by atoms with Crippen molar-refractivity contribution in [1.29, 1.82) is 0 Å². The summed E-state index contributed by atoms with van der Waals surface area (Å²) in [5, 5.41) is 9.27. The number of carbonyl (C=O) groups excluding carboxylic acids is 1. The molecule has 3 nitrogen and oxygen atoms in total. The Morgan fingerprint density at radius 1 is 1.25 bits per heavy atom. The van der Waals surface area contributed by atoms with Crippen molar-refractivity contribution in [1.82, 2.24) is 0 Å². The molecule has 0 radical (unpaired) electrons. The maximum Gasteiger partial charge on any atom is 0.338 e. The van der Waals surface area contributed by atoms with Gasteiger partial charge < -0.3 is 9.84 Å². The van der Waals surface area contributed by atoms with Gasteiger partial charge in [0.25, 0.3) is 0 Å². The van der Waals surface area contributed by atoms with Gasteiger partial charge in [-0.1, -0.05) is 20.8 Å². The number of hydrogen-bond donors (Lipinski definition) is 1. The normalized spacial score (nSPS) is 34.1. The molecular formula is C17H22O3. The van der Waals surface area contributed by atoms with Crippen LogP contribution in [-0.4, -0.2) is 17.2 Å². The quantitative estimate of drug-likeness (QED) is 0.835. The maximum absolute atomic E-state index is 12.2. The molecule has 0 spiro atoms. The van der Waals surface area contributed by atoms with Crippen LogP contribution in [0.4, 0.5) is 0 Å². The van der Waals surface area contributed by atoms with E-state index in [2.05, 4.69) is 20.8 Å². The number of rotatable bonds is 2. The van der Waals surface area contributed by atoms with Crippen LogP contribution >= 0.6 is 0 Å². The minimum absolute atomic E-state index is 0.0116. The highest BCUT2D eigenvalue weighted by Gasteiger charge is 2.62. The average Bonchev–Trinajstić information content (AvgIpc) is 2.72. The van der Waals surface area contributed by atoms with Crippen LogP contribution in [0.15, 0.2) is 24.3 Å². The van der Waals surface area contributed by atoms with Crippen molar-refractivity contribution in [3.63, 3.8) is 0 Å². The summed E-state index contributed by atoms with van der Waals surface area (Å²) in [6.07, 6.45) is 3.37. The Kier molecular flexibility index (Phi) is 2.86. The fourth-order valence-corrected chi connectivity index (χ4v) is 4.10. The van der Waals surface area contributed by atoms with Crippen LogP contribution in [0.2, 0.25) is 0 Å². The molecule has 20 heavy (non-hydrogen) atoms. The second-order valence-corrected chi connectivity index (χ2v) is 7.05. The van der Waals surface area contributed by atoms with Gasteiger partial charge in [-0.15, -0.1) is 0 Å². The number of phenols is 1. The largest absolute Gasteiger partial charge is 0.508 e. The van der Waals surface area contributed by atoms with Crippen molar-refractivity contribution < 1.29 is 14.6 Å². The molecule has 2 saturated carbocycles. The van der Waals surface area contributed by atoms with Crippen LogP contribution in [-0.2, 0) is 4.74 Å². The lowest BCUT2D eigenvalue weighted by molar-refractivity contribution is -0.0242. The van der Waals surface area contributed by atoms with E-state index in [-0.39, 0.29) is 28.7 Å². The highest BCUT2D eigenvalue weighted by Crippen LogP contribution is 2.66. The van der Waals surface area contributed by atoms with E-state index in [0.717, 1.165) is 12.8 Å². The molecule has 3 rings (SSSR count). The standard InChI is InChI=1S/C17H22O3/c1-16(2)12-8-9-17(16,3)14(10-12)20-15(19)11-4-6-13(18)7-5-11/h4-7,12,14,18H,8-10H2,1-3H3/t12-,14?,17+/m0/s1. The molecule has 2 fully saturated rings. The smallest absolute Gasteiger partial charge is 0.338 e. The molecule has 2 aliphatic carbocycles. The Balaban J connectivity index is 1.76. The lowest BCUT2D eigenvalue weighted by Crippen LogP contribution is -2.38. The van der Waals surface area contributed by atoms with E-state index < -0.39 is 0 Å². The van der Waals surface area contributed by atoms with Gasteiger partial charge in [0.2, 0.25) is 0 Å². The van der Waals surface area contributed by atoms with Gasteiger partial charge in [-0.3, -0.25) is 0 Å². The molecule has 2 bridgehead atoms. The van der Waals surface area contributed by atoms with Crippen LogP contribution in [0, 0.1) is 16.7 Å². The number of benzene rings is 1. The molecule has 0 heterocycles. The third-order valence-electron chi connectivity index (χ3n) is 6.07. The van der Waals surface area contributed by atoms with Crippen LogP contribution < -0.4 is 0 Å². The first kappa shape index (κ1) is 13.5. The fraction of sp³-hybridized carbons (Fsp3) is 0.588. The van der Waals surface area contributed by atoms with Gasteiger partial charge in [0, 0.05) is 5.41 Å². The number of aromatic hydroxyl groups is 1. The predicted molar refractivity (Wildman–Crippen MR) is 76.5 cm³/mol. The summed E-state index contributed by atoms with van der Waals surface area (Å²) in [7, 11) is 0. The Morgan fingerprint density at radius 3 is 2.40 bits per heavy atom. The molecule has 0 saturated heterocycles. The summed E-state index contributed by atoms with van der Waals surface area (Å²) in [5.74, 6) is 0.541. The fourth-order valence-electron chi connectivity index (χ4n) is 4.10. The van der Waals surface area contributed by atoms with Gasteiger partial charge in [-0.05, 0) is 54.9 Å². The molecule has 1 N–H and O–H groups in total. The van der Waals surface area contributed by atoms with Crippen LogP contribution in [0.3, 0.4) is 0 Å². The number of hydrogen-bond acceptors (Lipinski definition) is 3. The van der Waals surface area contributed by atoms with Crippen molar-refractivity contribution in [2.24, 2.45) is 16.7 Å². The zero-order valence-corrected chi connectivity index (χ0v) is 12.3. The number of esters is 1. The molecule has 1 unspecified atom stereocenters. The molecule has 3 atom stereocenters. The molecule has 0 amide bonds. The van der Waals surface area contributed by atoms with Crippen LogP contribution in [0.25, 0.3) is 0 Å². The average molecular weight is 274 g/mol. The van der Waals surface area contributed by atoms with Gasteiger partial charge >= 0.3 is 5.97 Å². The van der Waals surface area contributed by atoms with Gasteiger partial charge in [0.1, 0.15) is 11.9 Å². The Morgan fingerprint density at radius 2 is 1.90 bits per heavy atom. The Labute approximate surface area is 120 Å². The zero-order chi connectivity index (χ0) is 14.5. The van der Waals surface area contributed by atoms with Gasteiger partial charge in [-0.2, -0.15) is 0 Å². The van der Waals surface area contributed by atoms with E-state index in [9.17, 15) is 9.90 Å². The van der Waals surface area contributed by atoms with Crippen molar-refractivity contribution in [3.05, 3.63) is 29.8 Å². The van der Waals surface area contributed by atoms with Crippen LogP contribution in [0.1, 0.15) is 50.4 Å². The second-order valence-electron chi connectivity index (χ2n) is 7.05. The summed E-state index contributed by atoms with van der Waals surface area (Å²) in [6, 6.07) is 6.25. The third-order valence-corrected chi connectivity index (χ3v) is 6.07. The first-order valence-electron chi connectivity index (χ1n) is 7.34. The highest BCUT2D eigenvalue weighted by molar-refractivity contribution is 5.89. The lowest BCUT2D eigenvalue weighted by atomic mass is 9.70. The minimum atomic E-state index is -0.278. The van der Waals surface area contributed by atoms with E-state index >= 15 is 0 Å². The molecule has 3 heteroatoms. The lowest BCUT2D eigenvalue weighted by Gasteiger charge is -2.38. The first-order chi connectivity index (χ1) is 9.34. The van der Waals surface area contributed by atoms with Crippen LogP contribution in [0.5, 0.6) is 5.75 Å². The molecular weight excluding hydrogens is 252 g/mol. The van der Waals surface area contributed by atoms with Crippen molar-refractivity contribution >= 4 is 5.97 Å². The molecule has 0 aromatic heterocycles. The number of ether oxygens (including phenoxy) is 1. The number of carbonyl (C=O) groups is 1. The molecule has 1 aromatic rings. The summed E-state index contributed by atoms with van der Waals surface area (Å²) in [6.45, 7) is 6.87. The maximum atomic E-state index is 12.2. The van der Waals surface area contributed by atoms with E-state index in [1.54, 1.807) is 12.1 Å². The summed E-state index contributed by atoms with van der Waals surface area (Å²) >= 11 is 0. The number of phenolic OH excluding ortho intramolecular Hbond substituents is 1. The topological polar surface area (TPSA) is 46.5 Å². The van der Waals surface area contributed by atoms with Crippen molar-refractivity contribution in [2.75, 3.05) is 0 Å². The summed E-state index contributed by atoms with van der Waals surface area (Å²) in [4.78, 5) is 12.2. The first-order valence-corrected chi connectivity index (χ1v) is 7.34. The molecule has 0 aliphatic heterocycles. The highest BCUT2D eigenvalue weighted by atomic mass is 16.5. The minimum Gasteiger partial charge on any atom is -0.508 e. The SMILES string of the molecule is CC1(C)[C@H]2CC[C@]1(C)C(OC(=O)c1ccc(O)cc1)C2. The zero-order valence-electron chi connectivity index (χ0n) is 12.3. The molecule has 1 aromatic carbocycles. The van der Waals surface area contributed by atoms with E-state index in [0.29, 0.717) is 11.5 Å². The van der Waals surface area contributed by atoms with Gasteiger partial charge in [0.15, 0.2) is 0 Å². The van der Waals surface area contributed by atoms with Gasteiger partial charge in [0.05, 0.1) is 5.56 Å².